The molecule has 190 valence electrons. The zero-order valence-corrected chi connectivity index (χ0v) is 21.3. The van der Waals surface area contributed by atoms with Gasteiger partial charge in [0.25, 0.3) is 5.56 Å². The van der Waals surface area contributed by atoms with Gasteiger partial charge in [-0.1, -0.05) is 54.6 Å². The summed E-state index contributed by atoms with van der Waals surface area (Å²) >= 11 is 0. The summed E-state index contributed by atoms with van der Waals surface area (Å²) in [6.07, 6.45) is 10.0. The monoisotopic (exact) mass is 510 g/mol. The predicted molar refractivity (Wildman–Crippen MR) is 156 cm³/mol. The van der Waals surface area contributed by atoms with Crippen LogP contribution in [0.5, 0.6) is 0 Å². The number of anilines is 2. The molecule has 0 fully saturated rings. The number of aromatic amines is 1. The summed E-state index contributed by atoms with van der Waals surface area (Å²) in [7, 11) is 0. The predicted octanol–water partition coefficient (Wildman–Crippen LogP) is 7.00. The van der Waals surface area contributed by atoms with E-state index in [1.807, 2.05) is 78.9 Å². The maximum atomic E-state index is 14.3. The van der Waals surface area contributed by atoms with Crippen LogP contribution in [0.3, 0.4) is 0 Å². The highest BCUT2D eigenvalue weighted by molar-refractivity contribution is 5.91. The standard InChI is InChI=1S/C32H26N6O/c39-32-28(24-16-17-25-23(20-24)14-9-19-33-25)30(35-26-15-7-8-18-34-26)36-31-27(21-10-3-1-4-11-21)29(37-38(31)32)22-12-5-2-6-13-22/h2,5-10,12-20,36H,1,3-4,11H2,(H,34,35). The molecule has 0 bridgehead atoms. The number of hydrogen-bond acceptors (Lipinski definition) is 5. The van der Waals surface area contributed by atoms with Crippen molar-refractivity contribution < 1.29 is 0 Å². The van der Waals surface area contributed by atoms with Crippen LogP contribution in [0.25, 0.3) is 44.5 Å². The van der Waals surface area contributed by atoms with Crippen LogP contribution in [-0.4, -0.2) is 24.6 Å². The lowest BCUT2D eigenvalue weighted by molar-refractivity contribution is 0.742. The molecule has 0 atom stereocenters. The van der Waals surface area contributed by atoms with E-state index in [2.05, 4.69) is 26.3 Å². The van der Waals surface area contributed by atoms with E-state index < -0.39 is 0 Å². The molecule has 7 rings (SSSR count). The number of benzene rings is 2. The van der Waals surface area contributed by atoms with E-state index in [0.717, 1.165) is 52.5 Å². The number of nitrogens with zero attached hydrogens (tertiary/aromatic N) is 4. The van der Waals surface area contributed by atoms with Crippen LogP contribution in [-0.2, 0) is 0 Å². The average molecular weight is 511 g/mol. The SMILES string of the molecule is O=c1c(-c2ccc3ncccc3c2)c(Nc2ccccn2)[nH]c2c(C3=CCCCC3)c(-c3ccccc3)nn12. The number of hydrogen-bond donors (Lipinski definition) is 2. The van der Waals surface area contributed by atoms with Crippen molar-refractivity contribution in [3.63, 3.8) is 0 Å². The molecule has 39 heavy (non-hydrogen) atoms. The Kier molecular flexibility index (Phi) is 5.74. The molecule has 7 heteroatoms. The third-order valence-electron chi connectivity index (χ3n) is 7.25. The Morgan fingerprint density at radius 3 is 2.51 bits per heavy atom. The summed E-state index contributed by atoms with van der Waals surface area (Å²) in [5, 5.41) is 9.27. The minimum Gasteiger partial charge on any atom is -0.326 e. The molecule has 2 aromatic carbocycles. The molecule has 0 spiro atoms. The number of H-pyrrole nitrogens is 1. The first-order valence-electron chi connectivity index (χ1n) is 13.2. The summed E-state index contributed by atoms with van der Waals surface area (Å²) in [6, 6.07) is 25.5. The Hall–Kier alpha value is -5.04. The molecule has 4 heterocycles. The van der Waals surface area contributed by atoms with Crippen LogP contribution in [0.1, 0.15) is 31.2 Å². The van der Waals surface area contributed by atoms with Crippen molar-refractivity contribution in [2.45, 2.75) is 25.7 Å². The fourth-order valence-electron chi connectivity index (χ4n) is 5.40. The van der Waals surface area contributed by atoms with E-state index in [9.17, 15) is 4.79 Å². The molecular weight excluding hydrogens is 484 g/mol. The Morgan fingerprint density at radius 2 is 1.69 bits per heavy atom. The molecule has 0 unspecified atom stereocenters. The Balaban J connectivity index is 1.53. The van der Waals surface area contributed by atoms with Crippen LogP contribution in [0, 0.1) is 0 Å². The van der Waals surface area contributed by atoms with E-state index in [0.29, 0.717) is 22.8 Å². The van der Waals surface area contributed by atoms with Gasteiger partial charge in [0.15, 0.2) is 0 Å². The first kappa shape index (κ1) is 23.1. The van der Waals surface area contributed by atoms with E-state index in [1.165, 1.54) is 16.5 Å². The fourth-order valence-corrected chi connectivity index (χ4v) is 5.40. The smallest absolute Gasteiger partial charge is 0.284 e. The number of rotatable bonds is 5. The molecule has 2 N–H and O–H groups in total. The molecule has 1 aliphatic carbocycles. The van der Waals surface area contributed by atoms with Crippen molar-refractivity contribution in [3.8, 4) is 22.4 Å². The van der Waals surface area contributed by atoms with Gasteiger partial charge in [-0.3, -0.25) is 9.78 Å². The van der Waals surface area contributed by atoms with Gasteiger partial charge in [0.05, 0.1) is 11.1 Å². The third kappa shape index (κ3) is 4.18. The highest BCUT2D eigenvalue weighted by atomic mass is 16.1. The molecule has 4 aromatic heterocycles. The van der Waals surface area contributed by atoms with Gasteiger partial charge in [0, 0.05) is 28.9 Å². The molecule has 0 radical (unpaired) electrons. The fraction of sp³-hybridized carbons (Fsp3) is 0.125. The number of nitrogens with one attached hydrogen (secondary N) is 2. The normalized spacial score (nSPS) is 13.5. The molecule has 0 saturated carbocycles. The lowest BCUT2D eigenvalue weighted by atomic mass is 9.92. The maximum absolute atomic E-state index is 14.3. The van der Waals surface area contributed by atoms with Crippen LogP contribution < -0.4 is 10.9 Å². The summed E-state index contributed by atoms with van der Waals surface area (Å²) in [5.74, 6) is 1.22. The van der Waals surface area contributed by atoms with Gasteiger partial charge < -0.3 is 10.3 Å². The molecule has 1 aliphatic rings. The van der Waals surface area contributed by atoms with E-state index in [-0.39, 0.29) is 5.56 Å². The van der Waals surface area contributed by atoms with Gasteiger partial charge in [-0.25, -0.2) is 4.98 Å². The minimum absolute atomic E-state index is 0.203. The van der Waals surface area contributed by atoms with Crippen molar-refractivity contribution in [1.29, 1.82) is 0 Å². The van der Waals surface area contributed by atoms with Gasteiger partial charge in [-0.2, -0.15) is 9.61 Å². The van der Waals surface area contributed by atoms with Crippen LogP contribution in [0.4, 0.5) is 11.6 Å². The Bertz CT molecular complexity index is 1900. The zero-order chi connectivity index (χ0) is 26.2. The quantitative estimate of drug-likeness (QED) is 0.261. The third-order valence-corrected chi connectivity index (χ3v) is 7.25. The van der Waals surface area contributed by atoms with Gasteiger partial charge in [0.2, 0.25) is 0 Å². The topological polar surface area (TPSA) is 88.0 Å². The minimum atomic E-state index is -0.203. The molecule has 0 saturated heterocycles. The summed E-state index contributed by atoms with van der Waals surface area (Å²) < 4.78 is 1.53. The van der Waals surface area contributed by atoms with E-state index in [1.54, 1.807) is 12.4 Å². The van der Waals surface area contributed by atoms with Crippen LogP contribution in [0.2, 0.25) is 0 Å². The number of fused-ring (bicyclic) bond motifs is 2. The van der Waals surface area contributed by atoms with Crippen molar-refractivity contribution in [2.24, 2.45) is 0 Å². The largest absolute Gasteiger partial charge is 0.326 e. The Labute approximate surface area is 224 Å². The first-order valence-corrected chi connectivity index (χ1v) is 13.2. The van der Waals surface area contributed by atoms with E-state index >= 15 is 0 Å². The molecule has 0 amide bonds. The maximum Gasteiger partial charge on any atom is 0.284 e. The van der Waals surface area contributed by atoms with Gasteiger partial charge in [-0.15, -0.1) is 0 Å². The van der Waals surface area contributed by atoms with Crippen molar-refractivity contribution in [3.05, 3.63) is 113 Å². The molecule has 7 nitrogen and oxygen atoms in total. The number of aromatic nitrogens is 5. The molecular formula is C32H26N6O. The van der Waals surface area contributed by atoms with Crippen LogP contribution >= 0.6 is 0 Å². The number of allylic oxidation sites excluding steroid dienone is 2. The van der Waals surface area contributed by atoms with Crippen molar-refractivity contribution >= 4 is 33.8 Å². The van der Waals surface area contributed by atoms with Crippen LogP contribution in [0.15, 0.2) is 102 Å². The summed E-state index contributed by atoms with van der Waals surface area (Å²) in [6.45, 7) is 0. The Morgan fingerprint density at radius 1 is 0.821 bits per heavy atom. The summed E-state index contributed by atoms with van der Waals surface area (Å²) in [5.41, 5.74) is 6.60. The molecule has 0 aliphatic heterocycles. The van der Waals surface area contributed by atoms with Gasteiger partial charge in [0.1, 0.15) is 23.0 Å². The highest BCUT2D eigenvalue weighted by Crippen LogP contribution is 2.37. The lowest BCUT2D eigenvalue weighted by Crippen LogP contribution is -2.20. The van der Waals surface area contributed by atoms with Crippen molar-refractivity contribution in [2.75, 3.05) is 5.32 Å². The van der Waals surface area contributed by atoms with Crippen molar-refractivity contribution in [1.82, 2.24) is 24.6 Å². The zero-order valence-electron chi connectivity index (χ0n) is 21.3. The lowest BCUT2D eigenvalue weighted by Gasteiger charge is -2.15. The number of pyridine rings is 2. The van der Waals surface area contributed by atoms with Gasteiger partial charge in [-0.05, 0) is 67.2 Å². The second-order valence-corrected chi connectivity index (χ2v) is 9.76. The molecule has 6 aromatic rings. The first-order chi connectivity index (χ1) is 19.3. The second kappa shape index (κ2) is 9.68. The summed E-state index contributed by atoms with van der Waals surface area (Å²) in [4.78, 5) is 26.8. The van der Waals surface area contributed by atoms with Gasteiger partial charge >= 0.3 is 0 Å². The van der Waals surface area contributed by atoms with E-state index in [4.69, 9.17) is 5.10 Å². The second-order valence-electron chi connectivity index (χ2n) is 9.76. The highest BCUT2D eigenvalue weighted by Gasteiger charge is 2.24. The average Bonchev–Trinajstić information content (AvgIpc) is 3.38.